The highest BCUT2D eigenvalue weighted by molar-refractivity contribution is 7.61. The Bertz CT molecular complexity index is 658. The minimum atomic E-state index is -2.50. The maximum atomic E-state index is 10.5. The van der Waals surface area contributed by atoms with E-state index in [1.54, 1.807) is 12.1 Å². The van der Waals surface area contributed by atoms with E-state index in [2.05, 4.69) is 4.36 Å². The topological polar surface area (TPSA) is 46.5 Å². The monoisotopic (exact) mass is 265 g/mol. The van der Waals surface area contributed by atoms with Crippen molar-refractivity contribution in [3.05, 3.63) is 53.6 Å². The van der Waals surface area contributed by atoms with Gasteiger partial charge in [0, 0.05) is 0 Å². The molecular weight excluding hydrogens is 258 g/mol. The second-order valence-electron chi connectivity index (χ2n) is 3.34. The van der Waals surface area contributed by atoms with Crippen LogP contribution in [0.1, 0.15) is 0 Å². The van der Waals surface area contributed by atoms with Gasteiger partial charge in [0.05, 0.1) is 5.02 Å². The van der Waals surface area contributed by atoms with Crippen molar-refractivity contribution in [2.75, 3.05) is 0 Å². The van der Waals surface area contributed by atoms with Gasteiger partial charge in [0.2, 0.25) is 0 Å². The normalized spacial score (nSPS) is 9.94. The standard InChI is InChI=1S/C12H8ClNO2S/c13-11-7-6-10(8-12(11)14-17(15)16)9-4-2-1-3-5-9/h1-8H. The third kappa shape index (κ3) is 2.93. The molecule has 0 spiro atoms. The summed E-state index contributed by atoms with van der Waals surface area (Å²) in [6, 6.07) is 14.7. The second-order valence-corrected chi connectivity index (χ2v) is 4.36. The van der Waals surface area contributed by atoms with Gasteiger partial charge in [0.1, 0.15) is 5.69 Å². The largest absolute Gasteiger partial charge is 0.316 e. The summed E-state index contributed by atoms with van der Waals surface area (Å²) in [4.78, 5) is 0. The fourth-order valence-electron chi connectivity index (χ4n) is 1.47. The van der Waals surface area contributed by atoms with Crippen LogP contribution in [0.4, 0.5) is 5.69 Å². The second kappa shape index (κ2) is 5.12. The van der Waals surface area contributed by atoms with E-state index in [9.17, 15) is 8.42 Å². The maximum Gasteiger partial charge on any atom is 0.316 e. The maximum absolute atomic E-state index is 10.5. The van der Waals surface area contributed by atoms with Crippen LogP contribution in [-0.4, -0.2) is 8.42 Å². The van der Waals surface area contributed by atoms with E-state index < -0.39 is 10.5 Å². The van der Waals surface area contributed by atoms with Crippen LogP contribution in [0.25, 0.3) is 11.1 Å². The molecule has 3 nitrogen and oxygen atoms in total. The van der Waals surface area contributed by atoms with Crippen LogP contribution in [0.5, 0.6) is 0 Å². The lowest BCUT2D eigenvalue weighted by atomic mass is 10.1. The van der Waals surface area contributed by atoms with Gasteiger partial charge >= 0.3 is 10.5 Å². The molecule has 0 N–H and O–H groups in total. The molecule has 0 saturated heterocycles. The summed E-state index contributed by atoms with van der Waals surface area (Å²) in [5.41, 5.74) is 2.11. The zero-order chi connectivity index (χ0) is 12.3. The first-order valence-corrected chi connectivity index (χ1v) is 6.24. The summed E-state index contributed by atoms with van der Waals surface area (Å²) in [5, 5.41) is 0.314. The van der Waals surface area contributed by atoms with Crippen molar-refractivity contribution in [2.45, 2.75) is 0 Å². The molecule has 0 bridgehead atoms. The lowest BCUT2D eigenvalue weighted by Crippen LogP contribution is -1.77. The number of hydrogen-bond acceptors (Lipinski definition) is 3. The Hall–Kier alpha value is -1.65. The molecule has 0 radical (unpaired) electrons. The van der Waals surface area contributed by atoms with Crippen molar-refractivity contribution < 1.29 is 8.42 Å². The molecule has 0 heterocycles. The highest BCUT2D eigenvalue weighted by atomic mass is 35.5. The SMILES string of the molecule is O=S(=O)=Nc1cc(-c2ccccc2)ccc1Cl. The molecule has 0 aliphatic heterocycles. The summed E-state index contributed by atoms with van der Waals surface area (Å²) < 4.78 is 24.5. The van der Waals surface area contributed by atoms with Gasteiger partial charge < -0.3 is 0 Å². The summed E-state index contributed by atoms with van der Waals surface area (Å²) in [6.45, 7) is 0. The number of halogens is 1. The fraction of sp³-hybridized carbons (Fsp3) is 0. The fourth-order valence-corrected chi connectivity index (χ4v) is 1.99. The molecule has 2 aromatic rings. The molecule has 0 amide bonds. The Labute approximate surface area is 105 Å². The summed E-state index contributed by atoms with van der Waals surface area (Å²) >= 11 is 5.86. The lowest BCUT2D eigenvalue weighted by Gasteiger charge is -2.03. The van der Waals surface area contributed by atoms with Gasteiger partial charge in [-0.25, -0.2) is 0 Å². The van der Waals surface area contributed by atoms with Crippen molar-refractivity contribution in [3.63, 3.8) is 0 Å². The van der Waals surface area contributed by atoms with Crippen LogP contribution in [0.2, 0.25) is 5.02 Å². The van der Waals surface area contributed by atoms with Crippen LogP contribution >= 0.6 is 11.6 Å². The number of nitrogens with zero attached hydrogens (tertiary/aromatic N) is 1. The first kappa shape index (κ1) is 11.8. The van der Waals surface area contributed by atoms with Gasteiger partial charge in [-0.1, -0.05) is 48.0 Å². The molecule has 2 rings (SSSR count). The van der Waals surface area contributed by atoms with E-state index in [1.165, 1.54) is 0 Å². The van der Waals surface area contributed by atoms with Gasteiger partial charge in [-0.3, -0.25) is 0 Å². The molecule has 0 atom stereocenters. The van der Waals surface area contributed by atoms with E-state index in [0.29, 0.717) is 5.02 Å². The van der Waals surface area contributed by atoms with Crippen LogP contribution in [0.15, 0.2) is 52.9 Å². The summed E-state index contributed by atoms with van der Waals surface area (Å²) in [5.74, 6) is 0. The van der Waals surface area contributed by atoms with Gasteiger partial charge in [0.15, 0.2) is 0 Å². The quantitative estimate of drug-likeness (QED) is 0.831. The highest BCUT2D eigenvalue weighted by Crippen LogP contribution is 2.30. The van der Waals surface area contributed by atoms with Crippen LogP contribution < -0.4 is 0 Å². The Morgan fingerprint density at radius 2 is 1.65 bits per heavy atom. The third-order valence-corrected chi connectivity index (χ3v) is 2.89. The van der Waals surface area contributed by atoms with Gasteiger partial charge in [-0.2, -0.15) is 8.42 Å². The molecule has 2 aromatic carbocycles. The minimum absolute atomic E-state index is 0.251. The van der Waals surface area contributed by atoms with Gasteiger partial charge in [-0.15, -0.1) is 4.36 Å². The Morgan fingerprint density at radius 3 is 2.29 bits per heavy atom. The Morgan fingerprint density at radius 1 is 0.941 bits per heavy atom. The molecule has 0 aliphatic carbocycles. The molecule has 0 saturated carbocycles. The van der Waals surface area contributed by atoms with E-state index in [0.717, 1.165) is 11.1 Å². The van der Waals surface area contributed by atoms with Gasteiger partial charge in [-0.05, 0) is 23.3 Å². The van der Waals surface area contributed by atoms with Crippen molar-refractivity contribution in [1.82, 2.24) is 0 Å². The van der Waals surface area contributed by atoms with Crippen LogP contribution in [0.3, 0.4) is 0 Å². The third-order valence-electron chi connectivity index (χ3n) is 2.23. The van der Waals surface area contributed by atoms with Crippen LogP contribution in [0, 0.1) is 0 Å². The Kier molecular flexibility index (Phi) is 3.56. The van der Waals surface area contributed by atoms with Crippen molar-refractivity contribution >= 4 is 27.8 Å². The number of rotatable bonds is 2. The van der Waals surface area contributed by atoms with Gasteiger partial charge in [0.25, 0.3) is 0 Å². The molecular formula is C12H8ClNO2S. The summed E-state index contributed by atoms with van der Waals surface area (Å²) in [6.07, 6.45) is 0. The predicted octanol–water partition coefficient (Wildman–Crippen LogP) is 3.70. The number of hydrogen-bond donors (Lipinski definition) is 0. The van der Waals surface area contributed by atoms with E-state index in [4.69, 9.17) is 11.6 Å². The molecule has 0 aliphatic rings. The Balaban J connectivity index is 2.56. The van der Waals surface area contributed by atoms with Crippen molar-refractivity contribution in [3.8, 4) is 11.1 Å². The first-order chi connectivity index (χ1) is 8.16. The van der Waals surface area contributed by atoms with Crippen molar-refractivity contribution in [1.29, 1.82) is 0 Å². The average Bonchev–Trinajstić information content (AvgIpc) is 2.32. The number of benzene rings is 2. The summed E-state index contributed by atoms with van der Waals surface area (Å²) in [7, 11) is -2.50. The van der Waals surface area contributed by atoms with E-state index in [1.807, 2.05) is 36.4 Å². The molecule has 5 heteroatoms. The first-order valence-electron chi connectivity index (χ1n) is 4.83. The van der Waals surface area contributed by atoms with E-state index in [-0.39, 0.29) is 5.69 Å². The predicted molar refractivity (Wildman–Crippen MR) is 67.9 cm³/mol. The molecule has 86 valence electrons. The average molecular weight is 266 g/mol. The zero-order valence-corrected chi connectivity index (χ0v) is 10.2. The minimum Gasteiger partial charge on any atom is -0.163 e. The van der Waals surface area contributed by atoms with Crippen molar-refractivity contribution in [2.24, 2.45) is 4.36 Å². The zero-order valence-electron chi connectivity index (χ0n) is 8.67. The molecule has 0 unspecified atom stereocenters. The molecule has 17 heavy (non-hydrogen) atoms. The molecule has 0 aromatic heterocycles. The smallest absolute Gasteiger partial charge is 0.163 e. The molecule has 0 fully saturated rings. The highest BCUT2D eigenvalue weighted by Gasteiger charge is 2.03. The van der Waals surface area contributed by atoms with E-state index >= 15 is 0 Å². The lowest BCUT2D eigenvalue weighted by molar-refractivity contribution is 0.622. The van der Waals surface area contributed by atoms with Crippen LogP contribution in [-0.2, 0) is 10.5 Å².